The zero-order chi connectivity index (χ0) is 26.5. The van der Waals surface area contributed by atoms with E-state index in [4.69, 9.17) is 23.2 Å². The van der Waals surface area contributed by atoms with Crippen LogP contribution in [0.15, 0.2) is 47.8 Å². The molecule has 12 heteroatoms. The Balaban J connectivity index is 1.55. The van der Waals surface area contributed by atoms with Crippen LogP contribution in [0.2, 0.25) is 10.3 Å². The Bertz CT molecular complexity index is 1450. The molecule has 9 nitrogen and oxygen atoms in total. The molecule has 3 aromatic rings. The van der Waals surface area contributed by atoms with Gasteiger partial charge in [0.05, 0.1) is 22.9 Å². The van der Waals surface area contributed by atoms with Crippen molar-refractivity contribution in [3.8, 4) is 6.07 Å². The number of halogens is 2. The van der Waals surface area contributed by atoms with Gasteiger partial charge in [0.15, 0.2) is 0 Å². The van der Waals surface area contributed by atoms with Gasteiger partial charge in [0.1, 0.15) is 15.8 Å². The number of hydrogen-bond donors (Lipinski definition) is 2. The minimum atomic E-state index is -1.31. The molecule has 0 bridgehead atoms. The maximum Gasteiger partial charge on any atom is 0.336 e. The maximum atomic E-state index is 14.0. The van der Waals surface area contributed by atoms with Gasteiger partial charge in [0, 0.05) is 35.3 Å². The van der Waals surface area contributed by atoms with E-state index in [9.17, 15) is 24.8 Å². The molecule has 0 radical (unpaired) electrons. The molecule has 4 heterocycles. The number of likely N-dealkylation sites (tertiary alicyclic amines) is 1. The summed E-state index contributed by atoms with van der Waals surface area (Å²) in [5, 5.41) is 23.2. The van der Waals surface area contributed by atoms with E-state index in [-0.39, 0.29) is 34.1 Å². The number of anilines is 1. The molecular weight excluding hydrogens is 537 g/mol. The van der Waals surface area contributed by atoms with Crippen LogP contribution in [0.1, 0.15) is 45.2 Å². The summed E-state index contributed by atoms with van der Waals surface area (Å²) >= 11 is 13.4. The van der Waals surface area contributed by atoms with E-state index >= 15 is 0 Å². The zero-order valence-corrected chi connectivity index (χ0v) is 21.6. The predicted octanol–water partition coefficient (Wildman–Crippen LogP) is 4.68. The number of nitriles is 1. The number of urea groups is 1. The maximum absolute atomic E-state index is 14.0. The largest absolute Gasteiger partial charge is 0.478 e. The fourth-order valence-corrected chi connectivity index (χ4v) is 6.40. The van der Waals surface area contributed by atoms with E-state index in [2.05, 4.69) is 21.3 Å². The summed E-state index contributed by atoms with van der Waals surface area (Å²) in [5.74, 6) is -1.92. The Morgan fingerprint density at radius 2 is 1.92 bits per heavy atom. The first-order chi connectivity index (χ1) is 17.6. The molecule has 188 valence electrons. The van der Waals surface area contributed by atoms with Crippen LogP contribution < -0.4 is 10.2 Å². The quantitative estimate of drug-likeness (QED) is 0.345. The van der Waals surface area contributed by atoms with Crippen molar-refractivity contribution in [3.63, 3.8) is 0 Å². The Hall–Kier alpha value is -3.49. The standard InChI is InChI=1S/C25H19Cl2N5O4S/c1-13(19-6-16(11-37-19)22(33)34)31-10-18(15-4-2-14(9-28)3-5-15)25(12-31)23(35)32(24(36)30-25)17-7-20(26)29-21(27)8-17/h2-8,11,13,18H,10,12H2,1H3,(H,30,36)(H,33,34)/t13?,18-,25+/m0/s1. The van der Waals surface area contributed by atoms with Gasteiger partial charge in [-0.3, -0.25) is 9.69 Å². The number of thiophene rings is 1. The highest BCUT2D eigenvalue weighted by atomic mass is 35.5. The fourth-order valence-electron chi connectivity index (χ4n) is 4.98. The van der Waals surface area contributed by atoms with Gasteiger partial charge in [-0.15, -0.1) is 11.3 Å². The van der Waals surface area contributed by atoms with Gasteiger partial charge in [-0.2, -0.15) is 5.26 Å². The lowest BCUT2D eigenvalue weighted by Gasteiger charge is -2.28. The third-order valence-corrected chi connectivity index (χ3v) is 8.35. The van der Waals surface area contributed by atoms with Crippen LogP contribution in [0.5, 0.6) is 0 Å². The summed E-state index contributed by atoms with van der Waals surface area (Å²) in [6, 6.07) is 12.6. The van der Waals surface area contributed by atoms with Gasteiger partial charge in [0.2, 0.25) is 0 Å². The number of aromatic carboxylic acids is 1. The summed E-state index contributed by atoms with van der Waals surface area (Å²) in [7, 11) is 0. The summed E-state index contributed by atoms with van der Waals surface area (Å²) in [5.41, 5.74) is 0.359. The number of aromatic nitrogens is 1. The number of carboxylic acids is 1. The Morgan fingerprint density at radius 3 is 2.51 bits per heavy atom. The first-order valence-electron chi connectivity index (χ1n) is 11.2. The average Bonchev–Trinajstić information content (AvgIpc) is 3.55. The highest BCUT2D eigenvalue weighted by Crippen LogP contribution is 2.45. The van der Waals surface area contributed by atoms with Crippen molar-refractivity contribution in [2.45, 2.75) is 24.4 Å². The minimum Gasteiger partial charge on any atom is -0.478 e. The molecule has 2 aromatic heterocycles. The van der Waals surface area contributed by atoms with E-state index in [1.807, 2.05) is 6.92 Å². The number of benzene rings is 1. The van der Waals surface area contributed by atoms with Gasteiger partial charge in [-0.1, -0.05) is 35.3 Å². The second-order valence-electron chi connectivity index (χ2n) is 8.95. The van der Waals surface area contributed by atoms with Crippen molar-refractivity contribution in [1.82, 2.24) is 15.2 Å². The molecule has 0 aliphatic carbocycles. The van der Waals surface area contributed by atoms with Gasteiger partial charge >= 0.3 is 12.0 Å². The number of rotatable bonds is 5. The highest BCUT2D eigenvalue weighted by molar-refractivity contribution is 7.10. The van der Waals surface area contributed by atoms with E-state index < -0.39 is 29.4 Å². The second-order valence-corrected chi connectivity index (χ2v) is 10.7. The molecule has 37 heavy (non-hydrogen) atoms. The molecule has 2 N–H and O–H groups in total. The summed E-state index contributed by atoms with van der Waals surface area (Å²) in [4.78, 5) is 46.5. The smallest absolute Gasteiger partial charge is 0.336 e. The lowest BCUT2D eigenvalue weighted by Crippen LogP contribution is -2.53. The van der Waals surface area contributed by atoms with Gasteiger partial charge in [-0.05, 0) is 42.8 Å². The zero-order valence-electron chi connectivity index (χ0n) is 19.3. The predicted molar refractivity (Wildman–Crippen MR) is 138 cm³/mol. The number of nitrogens with one attached hydrogen (secondary N) is 1. The van der Waals surface area contributed by atoms with Crippen LogP contribution in [0.4, 0.5) is 10.5 Å². The Labute approximate surface area is 225 Å². The van der Waals surface area contributed by atoms with Crippen molar-refractivity contribution >= 4 is 58.1 Å². The number of carboxylic acid groups (broad SMARTS) is 1. The van der Waals surface area contributed by atoms with E-state index in [1.165, 1.54) is 23.5 Å². The monoisotopic (exact) mass is 555 g/mol. The Kier molecular flexibility index (Phi) is 6.41. The second kappa shape index (κ2) is 9.43. The molecule has 3 atom stereocenters. The van der Waals surface area contributed by atoms with E-state index in [0.717, 1.165) is 15.3 Å². The number of imide groups is 1. The number of hydrogen-bond acceptors (Lipinski definition) is 7. The number of amides is 3. The van der Waals surface area contributed by atoms with Crippen LogP contribution >= 0.6 is 34.5 Å². The summed E-state index contributed by atoms with van der Waals surface area (Å²) in [6.45, 7) is 2.53. The summed E-state index contributed by atoms with van der Waals surface area (Å²) < 4.78 is 0. The van der Waals surface area contributed by atoms with Crippen LogP contribution in [0.3, 0.4) is 0 Å². The topological polar surface area (TPSA) is 127 Å². The normalized spacial score (nSPS) is 22.3. The van der Waals surface area contributed by atoms with Crippen LogP contribution in [-0.4, -0.2) is 51.5 Å². The third kappa shape index (κ3) is 4.34. The van der Waals surface area contributed by atoms with E-state index in [0.29, 0.717) is 12.1 Å². The van der Waals surface area contributed by atoms with Crippen molar-refractivity contribution < 1.29 is 19.5 Å². The molecule has 0 saturated carbocycles. The first-order valence-corrected chi connectivity index (χ1v) is 12.8. The van der Waals surface area contributed by atoms with Crippen molar-refractivity contribution in [1.29, 1.82) is 5.26 Å². The summed E-state index contributed by atoms with van der Waals surface area (Å²) in [6.07, 6.45) is 0. The lowest BCUT2D eigenvalue weighted by atomic mass is 9.81. The van der Waals surface area contributed by atoms with Gasteiger partial charge in [0.25, 0.3) is 5.91 Å². The van der Waals surface area contributed by atoms with Crippen LogP contribution in [0.25, 0.3) is 0 Å². The molecule has 2 aliphatic rings. The number of pyridine rings is 1. The molecule has 1 aromatic carbocycles. The van der Waals surface area contributed by atoms with Gasteiger partial charge in [-0.25, -0.2) is 19.5 Å². The number of carbonyl (C=O) groups excluding carboxylic acids is 2. The average molecular weight is 556 g/mol. The molecule has 2 saturated heterocycles. The molecular formula is C25H19Cl2N5O4S. The molecule has 1 unspecified atom stereocenters. The number of carbonyl (C=O) groups is 3. The van der Waals surface area contributed by atoms with Crippen molar-refractivity contribution in [2.24, 2.45) is 0 Å². The SMILES string of the molecule is CC(c1cc(C(=O)O)cs1)N1C[C@@H](c2ccc(C#N)cc2)[C@@]2(C1)NC(=O)N(c1cc(Cl)nc(Cl)c1)C2=O. The Morgan fingerprint density at radius 1 is 1.24 bits per heavy atom. The molecule has 3 amide bonds. The van der Waals surface area contributed by atoms with Crippen molar-refractivity contribution in [2.75, 3.05) is 18.0 Å². The lowest BCUT2D eigenvalue weighted by molar-refractivity contribution is -0.122. The van der Waals surface area contributed by atoms with Gasteiger partial charge < -0.3 is 10.4 Å². The third-order valence-electron chi connectivity index (χ3n) is 6.86. The molecule has 2 aliphatic heterocycles. The van der Waals surface area contributed by atoms with Crippen LogP contribution in [0, 0.1) is 11.3 Å². The fraction of sp³-hybridized carbons (Fsp3) is 0.240. The molecule has 1 spiro atoms. The molecule has 5 rings (SSSR count). The number of nitrogens with zero attached hydrogens (tertiary/aromatic N) is 4. The first kappa shape index (κ1) is 25.2. The molecule has 2 fully saturated rings. The highest BCUT2D eigenvalue weighted by Gasteiger charge is 2.61. The minimum absolute atomic E-state index is 0.0429. The van der Waals surface area contributed by atoms with E-state index in [1.54, 1.807) is 35.7 Å². The van der Waals surface area contributed by atoms with Crippen LogP contribution in [-0.2, 0) is 4.79 Å². The van der Waals surface area contributed by atoms with Crippen molar-refractivity contribution in [3.05, 3.63) is 79.7 Å².